The van der Waals surface area contributed by atoms with Crippen LogP contribution in [0.3, 0.4) is 0 Å². The summed E-state index contributed by atoms with van der Waals surface area (Å²) in [7, 11) is -8.69. The first kappa shape index (κ1) is 13.3. The number of hydrogen-bond donors (Lipinski definition) is 2. The van der Waals surface area contributed by atoms with Crippen molar-refractivity contribution >= 4 is 17.9 Å². The van der Waals surface area contributed by atoms with Crippen LogP contribution in [0.15, 0.2) is 6.20 Å². The summed E-state index contributed by atoms with van der Waals surface area (Å²) in [5.41, 5.74) is 0. The molecule has 1 aliphatic rings. The second-order valence-corrected chi connectivity index (χ2v) is 6.55. The molecule has 2 atom stereocenters. The molecule has 1 aromatic rings. The van der Waals surface area contributed by atoms with Gasteiger partial charge >= 0.3 is 13.8 Å². The molecule has 0 saturated carbocycles. The Kier molecular flexibility index (Phi) is 3.14. The summed E-state index contributed by atoms with van der Waals surface area (Å²) in [5, 5.41) is -1.33. The molecule has 1 aliphatic heterocycles. The topological polar surface area (TPSA) is 128 Å². The monoisotopic (exact) mass is 298 g/mol. The van der Waals surface area contributed by atoms with Gasteiger partial charge in [-0.2, -0.15) is 13.4 Å². The molecule has 2 N–H and O–H groups in total. The quantitative estimate of drug-likeness (QED) is 0.620. The molecule has 0 aromatic carbocycles. The fraction of sp³-hybridized carbons (Fsp3) is 0.571. The summed E-state index contributed by atoms with van der Waals surface area (Å²) < 4.78 is 52.9. The van der Waals surface area contributed by atoms with Crippen molar-refractivity contribution < 1.29 is 31.5 Å². The molecule has 2 heterocycles. The van der Waals surface area contributed by atoms with Crippen molar-refractivity contribution in [2.75, 3.05) is 0 Å². The van der Waals surface area contributed by atoms with Crippen LogP contribution >= 0.6 is 7.82 Å². The second kappa shape index (κ2) is 4.23. The van der Waals surface area contributed by atoms with Crippen LogP contribution in [-0.2, 0) is 14.7 Å². The van der Waals surface area contributed by atoms with Crippen LogP contribution in [0.2, 0.25) is 0 Å². The number of fused-ring (bicyclic) bond motifs is 2. The standard InChI is InChI=1S/C7H11N2O7PS/c1-2-3-6(18(12,13)14)9-4-5-8-7(9)16-17(10,11)15-5/h4,6H,2-3H2,1H3,(H,10,11)(H,12,13,14). The third-order valence-electron chi connectivity index (χ3n) is 2.27. The lowest BCUT2D eigenvalue weighted by Crippen LogP contribution is -2.19. The van der Waals surface area contributed by atoms with E-state index in [-0.39, 0.29) is 18.3 Å². The predicted octanol–water partition coefficient (Wildman–Crippen LogP) is 0.941. The minimum atomic E-state index is -4.39. The SMILES string of the molecule is CCCC(n1cc2nc1OP(=O)(O)O2)S(=O)(=O)O. The van der Waals surface area contributed by atoms with Gasteiger partial charge in [-0.25, -0.2) is 4.57 Å². The first-order valence-electron chi connectivity index (χ1n) is 5.00. The molecular formula is C7H11N2O7PS. The van der Waals surface area contributed by atoms with Crippen LogP contribution in [0, 0.1) is 0 Å². The average Bonchev–Trinajstić information content (AvgIpc) is 2.47. The summed E-state index contributed by atoms with van der Waals surface area (Å²) in [6.45, 7) is 1.73. The summed E-state index contributed by atoms with van der Waals surface area (Å²) in [6.07, 6.45) is 1.66. The van der Waals surface area contributed by atoms with Crippen molar-refractivity contribution in [3.63, 3.8) is 0 Å². The zero-order chi connectivity index (χ0) is 13.6. The summed E-state index contributed by atoms with van der Waals surface area (Å²) in [5.74, 6) is -0.230. The number of hydrogen-bond acceptors (Lipinski definition) is 6. The summed E-state index contributed by atoms with van der Waals surface area (Å²) >= 11 is 0. The van der Waals surface area contributed by atoms with E-state index in [0.717, 1.165) is 10.8 Å². The highest BCUT2D eigenvalue weighted by Gasteiger charge is 2.38. The highest BCUT2D eigenvalue weighted by atomic mass is 32.2. The molecule has 9 nitrogen and oxygen atoms in total. The van der Waals surface area contributed by atoms with E-state index in [2.05, 4.69) is 14.0 Å². The Bertz CT molecular complexity index is 609. The smallest absolute Gasteiger partial charge is 0.375 e. The van der Waals surface area contributed by atoms with Crippen LogP contribution < -0.4 is 9.05 Å². The van der Waals surface area contributed by atoms with E-state index >= 15 is 0 Å². The molecule has 102 valence electrons. The Hall–Kier alpha value is -1.09. The third kappa shape index (κ3) is 2.51. The van der Waals surface area contributed by atoms with E-state index in [1.165, 1.54) is 0 Å². The fourth-order valence-corrected chi connectivity index (χ4v) is 3.27. The Morgan fingerprint density at radius 2 is 2.22 bits per heavy atom. The minimum absolute atomic E-state index is 0.0979. The zero-order valence-electron chi connectivity index (χ0n) is 9.25. The van der Waals surface area contributed by atoms with Crippen molar-refractivity contribution in [3.8, 4) is 11.9 Å². The van der Waals surface area contributed by atoms with E-state index in [1.54, 1.807) is 6.92 Å². The molecule has 2 rings (SSSR count). The van der Waals surface area contributed by atoms with Gasteiger partial charge in [-0.3, -0.25) is 14.0 Å². The molecule has 0 radical (unpaired) electrons. The van der Waals surface area contributed by atoms with Gasteiger partial charge in [0.05, 0.1) is 6.20 Å². The van der Waals surface area contributed by atoms with E-state index in [1.807, 2.05) is 0 Å². The van der Waals surface area contributed by atoms with Gasteiger partial charge in [0.25, 0.3) is 10.1 Å². The van der Waals surface area contributed by atoms with Crippen molar-refractivity contribution in [1.82, 2.24) is 9.55 Å². The normalized spacial score (nSPS) is 24.2. The molecule has 1 aromatic heterocycles. The second-order valence-electron chi connectivity index (χ2n) is 3.68. The fourth-order valence-electron chi connectivity index (χ4n) is 1.59. The number of phosphoric ester groups is 1. The Labute approximate surface area is 103 Å². The van der Waals surface area contributed by atoms with Gasteiger partial charge in [0, 0.05) is 0 Å². The van der Waals surface area contributed by atoms with Crippen LogP contribution in [0.4, 0.5) is 0 Å². The molecule has 11 heteroatoms. The third-order valence-corrected chi connectivity index (χ3v) is 4.23. The van der Waals surface area contributed by atoms with Crippen LogP contribution in [0.5, 0.6) is 11.9 Å². The lowest BCUT2D eigenvalue weighted by atomic mass is 10.3. The van der Waals surface area contributed by atoms with E-state index < -0.39 is 23.3 Å². The maximum Gasteiger partial charge on any atom is 0.588 e. The number of rotatable bonds is 4. The molecule has 0 aliphatic carbocycles. The Morgan fingerprint density at radius 3 is 2.78 bits per heavy atom. The maximum atomic E-state index is 11.3. The highest BCUT2D eigenvalue weighted by molar-refractivity contribution is 7.85. The molecule has 2 unspecified atom stereocenters. The van der Waals surface area contributed by atoms with Crippen molar-refractivity contribution in [2.24, 2.45) is 0 Å². The predicted molar refractivity (Wildman–Crippen MR) is 58.8 cm³/mol. The number of nitrogens with zero attached hydrogens (tertiary/aromatic N) is 2. The number of aromatic nitrogens is 2. The Balaban J connectivity index is 2.45. The van der Waals surface area contributed by atoms with Crippen LogP contribution in [0.25, 0.3) is 0 Å². The van der Waals surface area contributed by atoms with Crippen LogP contribution in [-0.4, -0.2) is 27.4 Å². The molecule has 0 amide bonds. The number of imidazole rings is 1. The first-order chi connectivity index (χ1) is 8.23. The average molecular weight is 298 g/mol. The molecule has 0 fully saturated rings. The lowest BCUT2D eigenvalue weighted by molar-refractivity contribution is 0.262. The van der Waals surface area contributed by atoms with E-state index in [4.69, 9.17) is 9.45 Å². The first-order valence-corrected chi connectivity index (χ1v) is 8.00. The van der Waals surface area contributed by atoms with Gasteiger partial charge in [0.2, 0.25) is 5.88 Å². The van der Waals surface area contributed by atoms with Gasteiger partial charge < -0.3 is 9.05 Å². The van der Waals surface area contributed by atoms with Gasteiger partial charge in [-0.15, -0.1) is 0 Å². The highest BCUT2D eigenvalue weighted by Crippen LogP contribution is 2.49. The van der Waals surface area contributed by atoms with E-state index in [0.29, 0.717) is 6.42 Å². The number of phosphoric acid groups is 1. The van der Waals surface area contributed by atoms with Gasteiger partial charge in [0.15, 0.2) is 5.37 Å². The minimum Gasteiger partial charge on any atom is -0.375 e. The van der Waals surface area contributed by atoms with Crippen LogP contribution in [0.1, 0.15) is 25.1 Å². The molecular weight excluding hydrogens is 287 g/mol. The lowest BCUT2D eigenvalue weighted by Gasteiger charge is -2.17. The summed E-state index contributed by atoms with van der Waals surface area (Å²) in [4.78, 5) is 12.8. The largest absolute Gasteiger partial charge is 0.588 e. The van der Waals surface area contributed by atoms with Gasteiger partial charge in [0.1, 0.15) is 0 Å². The maximum absolute atomic E-state index is 11.3. The van der Waals surface area contributed by atoms with E-state index in [9.17, 15) is 13.0 Å². The molecule has 18 heavy (non-hydrogen) atoms. The zero-order valence-corrected chi connectivity index (χ0v) is 11.0. The molecule has 0 spiro atoms. The molecule has 2 bridgehead atoms. The molecule has 0 saturated heterocycles. The summed E-state index contributed by atoms with van der Waals surface area (Å²) in [6, 6.07) is -0.377. The van der Waals surface area contributed by atoms with Gasteiger partial charge in [-0.1, -0.05) is 13.3 Å². The van der Waals surface area contributed by atoms with Crippen molar-refractivity contribution in [3.05, 3.63) is 6.20 Å². The van der Waals surface area contributed by atoms with Gasteiger partial charge in [-0.05, 0) is 6.42 Å². The van der Waals surface area contributed by atoms with Crippen molar-refractivity contribution in [2.45, 2.75) is 25.1 Å². The Morgan fingerprint density at radius 1 is 1.56 bits per heavy atom. The van der Waals surface area contributed by atoms with Crippen molar-refractivity contribution in [1.29, 1.82) is 0 Å².